The molecule has 30 heavy (non-hydrogen) atoms. The van der Waals surface area contributed by atoms with Crippen molar-refractivity contribution in [1.29, 1.82) is 0 Å². The summed E-state index contributed by atoms with van der Waals surface area (Å²) in [5, 5.41) is 9.31. The quantitative estimate of drug-likeness (QED) is 0.332. The van der Waals surface area contributed by atoms with E-state index in [9.17, 15) is 9.90 Å². The normalized spacial score (nSPS) is 10.9. The Morgan fingerprint density at radius 1 is 0.900 bits per heavy atom. The summed E-state index contributed by atoms with van der Waals surface area (Å²) in [5.74, 6) is 1.10. The smallest absolute Gasteiger partial charge is 0.338 e. The van der Waals surface area contributed by atoms with Crippen molar-refractivity contribution in [3.05, 3.63) is 108 Å². The molecule has 4 aromatic rings. The second-order valence-corrected chi connectivity index (χ2v) is 6.62. The van der Waals surface area contributed by atoms with Gasteiger partial charge in [-0.25, -0.2) is 4.79 Å². The van der Waals surface area contributed by atoms with Gasteiger partial charge >= 0.3 is 5.97 Å². The number of hydrogen-bond donors (Lipinski definition) is 1. The Hall–Kier alpha value is -4.12. The highest BCUT2D eigenvalue weighted by molar-refractivity contribution is 5.90. The number of hydrogen-bond acceptors (Lipinski definition) is 5. The molecule has 1 heterocycles. The first-order chi connectivity index (χ1) is 14.7. The van der Waals surface area contributed by atoms with Crippen molar-refractivity contribution < 1.29 is 19.1 Å². The molecule has 0 radical (unpaired) electrons. The summed E-state index contributed by atoms with van der Waals surface area (Å²) in [7, 11) is 0. The average molecular weight is 397 g/mol. The number of aliphatic imine (C=N–C) groups is 1. The first-order valence-electron chi connectivity index (χ1n) is 9.42. The third-order valence-electron chi connectivity index (χ3n) is 4.44. The summed E-state index contributed by atoms with van der Waals surface area (Å²) in [6.07, 6.45) is 1.62. The van der Waals surface area contributed by atoms with Gasteiger partial charge in [-0.05, 0) is 54.1 Å². The molecule has 148 valence electrons. The lowest BCUT2D eigenvalue weighted by molar-refractivity contribution is 0.0472. The van der Waals surface area contributed by atoms with Crippen molar-refractivity contribution in [3.63, 3.8) is 0 Å². The van der Waals surface area contributed by atoms with Crippen molar-refractivity contribution in [2.24, 2.45) is 4.99 Å². The van der Waals surface area contributed by atoms with Crippen LogP contribution in [0.1, 0.15) is 21.7 Å². The van der Waals surface area contributed by atoms with Crippen LogP contribution in [0.4, 0.5) is 5.69 Å². The van der Waals surface area contributed by atoms with Gasteiger partial charge in [-0.15, -0.1) is 0 Å². The number of nitrogens with zero attached hydrogens (tertiary/aromatic N) is 1. The molecule has 0 bridgehead atoms. The molecule has 5 heteroatoms. The largest absolute Gasteiger partial charge is 0.508 e. The maximum atomic E-state index is 12.2. The molecule has 1 N–H and O–H groups in total. The first-order valence-corrected chi connectivity index (χ1v) is 9.42. The number of phenolic OH excluding ortho intramolecular Hbond substituents is 1. The molecule has 0 saturated carbocycles. The molecular weight excluding hydrogens is 378 g/mol. The van der Waals surface area contributed by atoms with E-state index in [4.69, 9.17) is 9.15 Å². The summed E-state index contributed by atoms with van der Waals surface area (Å²) in [6.45, 7) is 0.239. The van der Waals surface area contributed by atoms with Gasteiger partial charge in [0.25, 0.3) is 0 Å². The molecule has 0 aliphatic rings. The van der Waals surface area contributed by atoms with E-state index in [-0.39, 0.29) is 18.3 Å². The fraction of sp³-hybridized carbons (Fsp3) is 0.0400. The summed E-state index contributed by atoms with van der Waals surface area (Å²) in [4.78, 5) is 16.5. The molecule has 0 spiro atoms. The number of phenols is 1. The third-order valence-corrected chi connectivity index (χ3v) is 4.44. The summed E-state index contributed by atoms with van der Waals surface area (Å²) < 4.78 is 11.2. The highest BCUT2D eigenvalue weighted by atomic mass is 16.5. The summed E-state index contributed by atoms with van der Waals surface area (Å²) in [5.41, 5.74) is 2.98. The average Bonchev–Trinajstić information content (AvgIpc) is 3.27. The first kappa shape index (κ1) is 19.2. The van der Waals surface area contributed by atoms with E-state index < -0.39 is 0 Å². The van der Waals surface area contributed by atoms with Gasteiger partial charge in [0.2, 0.25) is 0 Å². The fourth-order valence-electron chi connectivity index (χ4n) is 2.83. The van der Waals surface area contributed by atoms with Gasteiger partial charge < -0.3 is 14.3 Å². The monoisotopic (exact) mass is 397 g/mol. The van der Waals surface area contributed by atoms with E-state index in [0.717, 1.165) is 11.1 Å². The zero-order chi connectivity index (χ0) is 20.8. The predicted octanol–water partition coefficient (Wildman–Crippen LogP) is 5.76. The number of carbonyl (C=O) groups is 1. The molecule has 0 unspecified atom stereocenters. The molecule has 1 aromatic heterocycles. The summed E-state index contributed by atoms with van der Waals surface area (Å²) in [6, 6.07) is 26.9. The van der Waals surface area contributed by atoms with Crippen molar-refractivity contribution in [1.82, 2.24) is 0 Å². The molecule has 0 aliphatic carbocycles. The lowest BCUT2D eigenvalue weighted by atomic mass is 10.1. The van der Waals surface area contributed by atoms with Crippen molar-refractivity contribution in [3.8, 4) is 17.1 Å². The van der Waals surface area contributed by atoms with Gasteiger partial charge in [-0.3, -0.25) is 4.99 Å². The summed E-state index contributed by atoms with van der Waals surface area (Å²) >= 11 is 0. The zero-order valence-electron chi connectivity index (χ0n) is 16.1. The van der Waals surface area contributed by atoms with E-state index in [1.165, 1.54) is 0 Å². The van der Waals surface area contributed by atoms with Crippen LogP contribution in [0.3, 0.4) is 0 Å². The second-order valence-electron chi connectivity index (χ2n) is 6.62. The van der Waals surface area contributed by atoms with Gasteiger partial charge in [-0.2, -0.15) is 0 Å². The molecule has 0 atom stereocenters. The molecule has 4 rings (SSSR count). The highest BCUT2D eigenvalue weighted by Crippen LogP contribution is 2.23. The number of esters is 1. The number of ether oxygens (including phenoxy) is 1. The predicted molar refractivity (Wildman–Crippen MR) is 115 cm³/mol. The minimum Gasteiger partial charge on any atom is -0.508 e. The van der Waals surface area contributed by atoms with E-state index in [0.29, 0.717) is 22.8 Å². The molecule has 0 amide bonds. The highest BCUT2D eigenvalue weighted by Gasteiger charge is 2.09. The SMILES string of the molecule is O=C(OCc1ccccc1)c1ccc(-c2ccc(C=Nc3ccc(O)cc3)o2)cc1. The van der Waals surface area contributed by atoms with Crippen LogP contribution in [0.5, 0.6) is 5.75 Å². The van der Waals surface area contributed by atoms with Gasteiger partial charge in [-0.1, -0.05) is 42.5 Å². The molecule has 0 fully saturated rings. The standard InChI is InChI=1S/C25H19NO4/c27-22-12-10-21(11-13-22)26-16-23-14-15-24(30-23)19-6-8-20(9-7-19)25(28)29-17-18-4-2-1-3-5-18/h1-16,27H,17H2. The Morgan fingerprint density at radius 2 is 1.63 bits per heavy atom. The van der Waals surface area contributed by atoms with E-state index >= 15 is 0 Å². The minimum atomic E-state index is -0.369. The lowest BCUT2D eigenvalue weighted by Crippen LogP contribution is -2.04. The van der Waals surface area contributed by atoms with Crippen LogP contribution in [0, 0.1) is 0 Å². The van der Waals surface area contributed by atoms with Gasteiger partial charge in [0.1, 0.15) is 23.9 Å². The van der Waals surface area contributed by atoms with Gasteiger partial charge in [0, 0.05) is 5.56 Å². The lowest BCUT2D eigenvalue weighted by Gasteiger charge is -2.05. The van der Waals surface area contributed by atoms with Crippen LogP contribution in [0.15, 0.2) is 100 Å². The Labute approximate surface area is 173 Å². The third kappa shape index (κ3) is 4.83. The molecule has 5 nitrogen and oxygen atoms in total. The van der Waals surface area contributed by atoms with E-state index in [2.05, 4.69) is 4.99 Å². The van der Waals surface area contributed by atoms with Crippen molar-refractivity contribution >= 4 is 17.9 Å². The van der Waals surface area contributed by atoms with Crippen LogP contribution in [-0.2, 0) is 11.3 Å². The van der Waals surface area contributed by atoms with Gasteiger partial charge in [0.15, 0.2) is 0 Å². The van der Waals surface area contributed by atoms with Crippen LogP contribution in [0.2, 0.25) is 0 Å². The second kappa shape index (κ2) is 8.92. The Balaban J connectivity index is 1.39. The number of carbonyl (C=O) groups excluding carboxylic acids is 1. The Kier molecular flexibility index (Phi) is 5.71. The van der Waals surface area contributed by atoms with Crippen LogP contribution >= 0.6 is 0 Å². The maximum Gasteiger partial charge on any atom is 0.338 e. The van der Waals surface area contributed by atoms with E-state index in [1.807, 2.05) is 54.6 Å². The molecule has 3 aromatic carbocycles. The topological polar surface area (TPSA) is 72.0 Å². The molecule has 0 saturated heterocycles. The van der Waals surface area contributed by atoms with Crippen molar-refractivity contribution in [2.75, 3.05) is 0 Å². The number of aromatic hydroxyl groups is 1. The van der Waals surface area contributed by atoms with Crippen LogP contribution < -0.4 is 0 Å². The Morgan fingerprint density at radius 3 is 2.37 bits per heavy atom. The number of benzene rings is 3. The molecule has 0 aliphatic heterocycles. The fourth-order valence-corrected chi connectivity index (χ4v) is 2.83. The van der Waals surface area contributed by atoms with Gasteiger partial charge in [0.05, 0.1) is 17.5 Å². The van der Waals surface area contributed by atoms with Crippen LogP contribution in [-0.4, -0.2) is 17.3 Å². The number of furan rings is 1. The zero-order valence-corrected chi connectivity index (χ0v) is 16.1. The molecular formula is C25H19NO4. The van der Waals surface area contributed by atoms with Crippen LogP contribution in [0.25, 0.3) is 11.3 Å². The van der Waals surface area contributed by atoms with Crippen molar-refractivity contribution in [2.45, 2.75) is 6.61 Å². The minimum absolute atomic E-state index is 0.196. The maximum absolute atomic E-state index is 12.2. The number of rotatable bonds is 6. The Bertz CT molecular complexity index is 1140. The van der Waals surface area contributed by atoms with E-state index in [1.54, 1.807) is 42.6 Å².